The Labute approximate surface area is 145 Å². The zero-order valence-corrected chi connectivity index (χ0v) is 13.2. The monoisotopic (exact) mass is 352 g/mol. The van der Waals surface area contributed by atoms with Crippen molar-refractivity contribution < 1.29 is 34.8 Å². The van der Waals surface area contributed by atoms with Gasteiger partial charge in [-0.1, -0.05) is 36.0 Å². The number of benzene rings is 1. The highest BCUT2D eigenvalue weighted by molar-refractivity contribution is 6.09. The Bertz CT molecular complexity index is 1140. The normalized spacial score (nSPS) is 19.1. The maximum Gasteiger partial charge on any atom is 0.337 e. The fourth-order valence-electron chi connectivity index (χ4n) is 4.02. The van der Waals surface area contributed by atoms with Crippen LogP contribution < -0.4 is 10.4 Å². The van der Waals surface area contributed by atoms with Gasteiger partial charge in [0.25, 0.3) is 5.95 Å². The lowest BCUT2D eigenvalue weighted by molar-refractivity contribution is 0.0648. The van der Waals surface area contributed by atoms with Crippen LogP contribution in [-0.2, 0) is 0 Å². The Kier molecular flexibility index (Phi) is 3.17. The van der Waals surface area contributed by atoms with E-state index in [1.165, 1.54) is 6.08 Å². The van der Waals surface area contributed by atoms with Crippen molar-refractivity contribution in [2.24, 2.45) is 0 Å². The van der Waals surface area contributed by atoms with Gasteiger partial charge in [0, 0.05) is 17.9 Å². The molecule has 130 valence electrons. The van der Waals surface area contributed by atoms with Crippen molar-refractivity contribution in [1.82, 2.24) is 0 Å². The summed E-state index contributed by atoms with van der Waals surface area (Å²) in [6.45, 7) is 0. The first-order valence-corrected chi connectivity index (χ1v) is 7.73. The summed E-state index contributed by atoms with van der Waals surface area (Å²) < 4.78 is 0. The molecule has 0 saturated carbocycles. The van der Waals surface area contributed by atoms with Crippen LogP contribution in [0.5, 0.6) is 0 Å². The van der Waals surface area contributed by atoms with Gasteiger partial charge in [-0.05, 0) is 16.4 Å². The zero-order valence-electron chi connectivity index (χ0n) is 13.2. The molecule has 7 nitrogen and oxygen atoms in total. The van der Waals surface area contributed by atoms with Crippen LogP contribution in [-0.4, -0.2) is 38.1 Å². The Morgan fingerprint density at radius 2 is 1.65 bits per heavy atom. The molecule has 4 rings (SSSR count). The van der Waals surface area contributed by atoms with Crippen LogP contribution in [0.1, 0.15) is 49.0 Å². The van der Waals surface area contributed by atoms with Gasteiger partial charge in [0.1, 0.15) is 0 Å². The lowest BCUT2D eigenvalue weighted by Crippen LogP contribution is -2.42. The van der Waals surface area contributed by atoms with E-state index in [2.05, 4.69) is 0 Å². The third kappa shape index (κ3) is 1.91. The molecule has 4 N–H and O–H groups in total. The molecule has 0 fully saturated rings. The number of allylic oxidation sites excluding steroid dienone is 6. The molecule has 0 saturated heterocycles. The SMILES string of the molecule is O=C(O)c1c(C(=O)O)c(=C(O)O)c2c3c1=CC=C1C=CC=C(CC2=O)C13. The van der Waals surface area contributed by atoms with Crippen LogP contribution in [0, 0.1) is 0 Å². The molecule has 1 unspecified atom stereocenters. The molecule has 0 heterocycles. The summed E-state index contributed by atoms with van der Waals surface area (Å²) in [5.41, 5.74) is 0.395. The van der Waals surface area contributed by atoms with Gasteiger partial charge in [-0.3, -0.25) is 4.79 Å². The van der Waals surface area contributed by atoms with Crippen LogP contribution in [0.25, 0.3) is 12.0 Å². The summed E-state index contributed by atoms with van der Waals surface area (Å²) in [5, 5.41) is 38.1. The molecule has 0 amide bonds. The number of ketones is 1. The highest BCUT2D eigenvalue weighted by Crippen LogP contribution is 2.42. The lowest BCUT2D eigenvalue weighted by Gasteiger charge is -2.33. The van der Waals surface area contributed by atoms with E-state index in [0.717, 1.165) is 11.1 Å². The predicted octanol–water partition coefficient (Wildman–Crippen LogP) is 1.15. The molecular weight excluding hydrogens is 340 g/mol. The van der Waals surface area contributed by atoms with Crippen LogP contribution >= 0.6 is 0 Å². The fraction of sp³-hybridized carbons (Fsp3) is 0.105. The van der Waals surface area contributed by atoms with Gasteiger partial charge < -0.3 is 20.4 Å². The molecule has 3 aliphatic rings. The first-order valence-electron chi connectivity index (χ1n) is 7.73. The number of carbonyl (C=O) groups is 3. The minimum absolute atomic E-state index is 0.00938. The van der Waals surface area contributed by atoms with Crippen molar-refractivity contribution in [2.75, 3.05) is 0 Å². The Hall–Kier alpha value is -3.61. The summed E-state index contributed by atoms with van der Waals surface area (Å²) in [5.74, 6) is -5.45. The number of carbonyl (C=O) groups excluding carboxylic acids is 1. The predicted molar refractivity (Wildman–Crippen MR) is 89.7 cm³/mol. The quantitative estimate of drug-likeness (QED) is 0.628. The average Bonchev–Trinajstić information content (AvgIpc) is 2.58. The lowest BCUT2D eigenvalue weighted by atomic mass is 9.68. The van der Waals surface area contributed by atoms with E-state index in [0.29, 0.717) is 5.56 Å². The molecule has 7 heteroatoms. The van der Waals surface area contributed by atoms with Gasteiger partial charge in [0.15, 0.2) is 5.78 Å². The smallest absolute Gasteiger partial charge is 0.337 e. The molecule has 0 aromatic heterocycles. The second kappa shape index (κ2) is 5.19. The number of hydrogen-bond acceptors (Lipinski definition) is 5. The molecule has 0 radical (unpaired) electrons. The molecule has 0 spiro atoms. The highest BCUT2D eigenvalue weighted by atomic mass is 16.5. The Morgan fingerprint density at radius 1 is 0.962 bits per heavy atom. The summed E-state index contributed by atoms with van der Waals surface area (Å²) >= 11 is 0. The molecule has 1 aromatic rings. The number of aromatic carboxylic acids is 2. The van der Waals surface area contributed by atoms with Gasteiger partial charge in [-0.25, -0.2) is 9.59 Å². The molecule has 1 atom stereocenters. The van der Waals surface area contributed by atoms with Crippen LogP contribution in [0.2, 0.25) is 0 Å². The largest absolute Gasteiger partial charge is 0.481 e. The minimum Gasteiger partial charge on any atom is -0.481 e. The van der Waals surface area contributed by atoms with Gasteiger partial charge in [0.2, 0.25) is 0 Å². The second-order valence-corrected chi connectivity index (χ2v) is 6.23. The maximum absolute atomic E-state index is 12.7. The number of rotatable bonds is 2. The Balaban J connectivity index is 2.34. The van der Waals surface area contributed by atoms with Crippen molar-refractivity contribution in [3.05, 3.63) is 68.1 Å². The molecule has 26 heavy (non-hydrogen) atoms. The highest BCUT2D eigenvalue weighted by Gasteiger charge is 2.39. The van der Waals surface area contributed by atoms with Crippen molar-refractivity contribution in [3.63, 3.8) is 0 Å². The van der Waals surface area contributed by atoms with Crippen LogP contribution in [0.3, 0.4) is 0 Å². The number of aliphatic hydroxyl groups excluding tert-OH is 1. The van der Waals surface area contributed by atoms with E-state index in [1.54, 1.807) is 18.2 Å². The molecule has 3 aliphatic carbocycles. The third-order valence-electron chi connectivity index (χ3n) is 4.91. The van der Waals surface area contributed by atoms with Crippen molar-refractivity contribution in [2.45, 2.75) is 12.3 Å². The minimum atomic E-state index is -1.65. The summed E-state index contributed by atoms with van der Waals surface area (Å²) in [7, 11) is 0. The average molecular weight is 352 g/mol. The third-order valence-corrected chi connectivity index (χ3v) is 4.91. The van der Waals surface area contributed by atoms with Crippen LogP contribution in [0.15, 0.2) is 35.5 Å². The number of carboxylic acids is 2. The first kappa shape index (κ1) is 15.9. The van der Waals surface area contributed by atoms with Gasteiger partial charge >= 0.3 is 11.9 Å². The van der Waals surface area contributed by atoms with E-state index in [9.17, 15) is 34.8 Å². The number of Topliss-reactive ketones (excluding diaryl/α,β-unsaturated/α-hetero) is 1. The topological polar surface area (TPSA) is 132 Å². The zero-order chi connectivity index (χ0) is 18.7. The summed E-state index contributed by atoms with van der Waals surface area (Å²) in [6.07, 6.45) is 8.52. The van der Waals surface area contributed by atoms with Crippen LogP contribution in [0.4, 0.5) is 0 Å². The number of carboxylic acid groups (broad SMARTS) is 2. The standard InChI is InChI=1S/C19H12O7/c20-10-6-8-3-1-2-7-4-5-9-12(11(7)8)14(10)16(19(25)26)15(18(23)24)13(9)17(21)22/h1-5,11,25-26H,6H2,(H,21,22)(H,23,24). The van der Waals surface area contributed by atoms with Gasteiger partial charge in [-0.2, -0.15) is 0 Å². The number of hydrogen-bond donors (Lipinski definition) is 4. The van der Waals surface area contributed by atoms with E-state index in [1.807, 2.05) is 6.08 Å². The summed E-state index contributed by atoms with van der Waals surface area (Å²) in [6, 6.07) is 0. The molecule has 1 aromatic carbocycles. The molecule has 0 bridgehead atoms. The molecular formula is C19H12O7. The maximum atomic E-state index is 12.7. The van der Waals surface area contributed by atoms with Gasteiger partial charge in [-0.15, -0.1) is 0 Å². The fourth-order valence-corrected chi connectivity index (χ4v) is 4.02. The number of aliphatic hydroxyl groups is 2. The molecule has 0 aliphatic heterocycles. The van der Waals surface area contributed by atoms with E-state index >= 15 is 0 Å². The second-order valence-electron chi connectivity index (χ2n) is 6.23. The van der Waals surface area contributed by atoms with E-state index < -0.39 is 45.9 Å². The van der Waals surface area contributed by atoms with Crippen molar-refractivity contribution in [3.8, 4) is 0 Å². The van der Waals surface area contributed by atoms with Gasteiger partial charge in [0.05, 0.1) is 16.3 Å². The first-order chi connectivity index (χ1) is 12.3. The Morgan fingerprint density at radius 3 is 2.27 bits per heavy atom. The van der Waals surface area contributed by atoms with Crippen molar-refractivity contribution >= 4 is 29.7 Å². The summed E-state index contributed by atoms with van der Waals surface area (Å²) in [4.78, 5) is 36.3. The van der Waals surface area contributed by atoms with E-state index in [4.69, 9.17) is 0 Å². The van der Waals surface area contributed by atoms with Crippen molar-refractivity contribution in [1.29, 1.82) is 0 Å². The van der Waals surface area contributed by atoms with E-state index in [-0.39, 0.29) is 17.2 Å².